The standard InChI is InChI=1S/C52H83NO20/c1-29-17-15-13-11-9-7-5-6-8-10-12-14-16-18-36(71-51-48(64)46(53)41(61)28-68-51)24-42-45(50(65)66)40(60)27-52(67,73-42)26-39(59)37(57)20-19-33(54)21-34(55)22-35(56)23-43(62)69-31(3)30(2)49(29)72-44-25-38(58)47(63)32(4)70-44/h5-6,8,10-18,29-42,44-49,51,54-61,63-64,67H,7,9,19-28,53H2,1-4H3,(H,65,66)/b6-5+,10-8+,13-11+,14-12+,17-15+,18-16+/t29?,30?,31?,32-,33?,34?,35?,36?,37?,38+,39?,40?,41+,42?,44?,45?,46-,47?,48-,49?,51?,52?/m0/s1. The molecule has 4 aliphatic rings. The molecule has 73 heavy (non-hydrogen) atoms. The molecule has 21 heteroatoms. The van der Waals surface area contributed by atoms with Gasteiger partial charge in [0.25, 0.3) is 0 Å². The molecule has 0 amide bonds. The van der Waals surface area contributed by atoms with Crippen molar-refractivity contribution in [3.05, 3.63) is 72.9 Å². The minimum atomic E-state index is -2.37. The van der Waals surface area contributed by atoms with Crippen molar-refractivity contribution in [2.45, 2.75) is 214 Å². The van der Waals surface area contributed by atoms with Crippen LogP contribution in [0, 0.1) is 17.8 Å². The van der Waals surface area contributed by atoms with Gasteiger partial charge in [0.1, 0.15) is 24.2 Å². The lowest BCUT2D eigenvalue weighted by molar-refractivity contribution is -0.307. The van der Waals surface area contributed by atoms with E-state index >= 15 is 0 Å². The number of nitrogens with two attached hydrogens (primary N) is 1. The van der Waals surface area contributed by atoms with Crippen molar-refractivity contribution >= 4 is 11.9 Å². The Bertz CT molecular complexity index is 1830. The van der Waals surface area contributed by atoms with Crippen molar-refractivity contribution in [1.82, 2.24) is 0 Å². The maximum absolute atomic E-state index is 13.1. The molecule has 0 saturated carbocycles. The maximum atomic E-state index is 13.1. The molecule has 0 radical (unpaired) electrons. The molecule has 17 unspecified atom stereocenters. The van der Waals surface area contributed by atoms with E-state index in [2.05, 4.69) is 0 Å². The number of allylic oxidation sites excluding steroid dienone is 10. The van der Waals surface area contributed by atoms with Crippen LogP contribution in [0.1, 0.15) is 98.3 Å². The Labute approximate surface area is 427 Å². The van der Waals surface area contributed by atoms with Gasteiger partial charge in [0.15, 0.2) is 18.4 Å². The molecule has 2 bridgehead atoms. The monoisotopic (exact) mass is 1040 g/mol. The molecule has 0 spiro atoms. The highest BCUT2D eigenvalue weighted by Crippen LogP contribution is 2.38. The predicted octanol–water partition coefficient (Wildman–Crippen LogP) is 0.428. The maximum Gasteiger partial charge on any atom is 0.311 e. The Kier molecular flexibility index (Phi) is 26.0. The van der Waals surface area contributed by atoms with Crippen molar-refractivity contribution in [1.29, 1.82) is 0 Å². The Balaban J connectivity index is 1.54. The summed E-state index contributed by atoms with van der Waals surface area (Å²) in [5.41, 5.74) is 5.95. The lowest BCUT2D eigenvalue weighted by atomic mass is 9.82. The van der Waals surface area contributed by atoms with Gasteiger partial charge in [-0.3, -0.25) is 9.59 Å². The van der Waals surface area contributed by atoms with Gasteiger partial charge < -0.3 is 95.4 Å². The number of carbonyl (C=O) groups excluding carboxylic acids is 1. The van der Waals surface area contributed by atoms with E-state index in [0.29, 0.717) is 0 Å². The average molecular weight is 1040 g/mol. The summed E-state index contributed by atoms with van der Waals surface area (Å²) in [4.78, 5) is 25.6. The number of rotatable bonds is 5. The van der Waals surface area contributed by atoms with Crippen LogP contribution in [0.15, 0.2) is 72.9 Å². The molecule has 4 heterocycles. The van der Waals surface area contributed by atoms with E-state index in [-0.39, 0.29) is 51.0 Å². The summed E-state index contributed by atoms with van der Waals surface area (Å²) in [5.74, 6) is -6.86. The minimum Gasteiger partial charge on any atom is -0.481 e. The van der Waals surface area contributed by atoms with Crippen molar-refractivity contribution in [3.63, 3.8) is 0 Å². The zero-order valence-electron chi connectivity index (χ0n) is 42.2. The lowest BCUT2D eigenvalue weighted by Gasteiger charge is -2.45. The quantitative estimate of drug-likeness (QED) is 0.166. The van der Waals surface area contributed by atoms with Crippen LogP contribution < -0.4 is 5.73 Å². The zero-order chi connectivity index (χ0) is 54.0. The van der Waals surface area contributed by atoms with Crippen LogP contribution in [-0.4, -0.2) is 196 Å². The van der Waals surface area contributed by atoms with Crippen molar-refractivity contribution in [2.75, 3.05) is 6.61 Å². The second-order valence-electron chi connectivity index (χ2n) is 20.1. The number of aliphatic hydroxyl groups is 11. The first-order valence-corrected chi connectivity index (χ1v) is 25.4. The summed E-state index contributed by atoms with van der Waals surface area (Å²) in [6.45, 7) is 6.81. The Hall–Kier alpha value is -3.30. The molecule has 416 valence electrons. The van der Waals surface area contributed by atoms with Gasteiger partial charge in [-0.2, -0.15) is 0 Å². The Morgan fingerprint density at radius 3 is 1.96 bits per heavy atom. The Morgan fingerprint density at radius 1 is 0.671 bits per heavy atom. The van der Waals surface area contributed by atoms with Gasteiger partial charge in [-0.25, -0.2) is 0 Å². The largest absolute Gasteiger partial charge is 0.481 e. The van der Waals surface area contributed by atoms with Crippen LogP contribution in [0.2, 0.25) is 0 Å². The molecule has 0 aromatic heterocycles. The number of aliphatic carboxylic acids is 1. The van der Waals surface area contributed by atoms with E-state index in [0.717, 1.165) is 12.8 Å². The van der Waals surface area contributed by atoms with Gasteiger partial charge in [0.05, 0.1) is 92.3 Å². The highest BCUT2D eigenvalue weighted by Gasteiger charge is 2.51. The summed E-state index contributed by atoms with van der Waals surface area (Å²) in [6.07, 6.45) is -0.662. The van der Waals surface area contributed by atoms with E-state index in [4.69, 9.17) is 34.2 Å². The molecule has 4 rings (SSSR count). The average Bonchev–Trinajstić information content (AvgIpc) is 3.30. The number of aliphatic hydroxyl groups excluding tert-OH is 10. The normalized spacial score (nSPS) is 45.9. The first-order chi connectivity index (χ1) is 34.5. The summed E-state index contributed by atoms with van der Waals surface area (Å²) in [5, 5.41) is 128. The first-order valence-electron chi connectivity index (χ1n) is 25.4. The summed E-state index contributed by atoms with van der Waals surface area (Å²) in [7, 11) is 0. The third-order valence-electron chi connectivity index (χ3n) is 13.8. The van der Waals surface area contributed by atoms with Gasteiger partial charge in [-0.15, -0.1) is 0 Å². The molecule has 0 aliphatic carbocycles. The van der Waals surface area contributed by atoms with E-state index in [9.17, 15) is 70.9 Å². The van der Waals surface area contributed by atoms with Crippen LogP contribution in [0.3, 0.4) is 0 Å². The molecule has 14 N–H and O–H groups in total. The number of ether oxygens (including phenoxy) is 6. The van der Waals surface area contributed by atoms with Gasteiger partial charge >= 0.3 is 11.9 Å². The lowest BCUT2D eigenvalue weighted by Crippen LogP contribution is -2.59. The molecule has 0 aromatic carbocycles. The number of cyclic esters (lactones) is 1. The summed E-state index contributed by atoms with van der Waals surface area (Å²) >= 11 is 0. The molecule has 0 aromatic rings. The third kappa shape index (κ3) is 20.3. The predicted molar refractivity (Wildman–Crippen MR) is 262 cm³/mol. The highest BCUT2D eigenvalue weighted by molar-refractivity contribution is 5.71. The van der Waals surface area contributed by atoms with Crippen LogP contribution in [0.25, 0.3) is 0 Å². The summed E-state index contributed by atoms with van der Waals surface area (Å²) < 4.78 is 35.4. The van der Waals surface area contributed by atoms with Gasteiger partial charge in [0.2, 0.25) is 0 Å². The van der Waals surface area contributed by atoms with E-state index in [1.54, 1.807) is 38.2 Å². The zero-order valence-corrected chi connectivity index (χ0v) is 42.2. The second-order valence-corrected chi connectivity index (χ2v) is 20.1. The number of fused-ring (bicyclic) bond motifs is 2. The van der Waals surface area contributed by atoms with Crippen LogP contribution in [0.5, 0.6) is 0 Å². The van der Waals surface area contributed by atoms with Gasteiger partial charge in [0, 0.05) is 37.5 Å². The minimum absolute atomic E-state index is 0.0213. The molecule has 22 atom stereocenters. The molecular formula is C52H83NO20. The number of hydrogen-bond acceptors (Lipinski definition) is 20. The molecule has 3 saturated heterocycles. The van der Waals surface area contributed by atoms with Crippen LogP contribution in [0.4, 0.5) is 0 Å². The van der Waals surface area contributed by atoms with Crippen molar-refractivity contribution < 1.29 is 99.3 Å². The number of hydrogen-bond donors (Lipinski definition) is 13. The number of carboxylic acid groups (broad SMARTS) is 1. The molecule has 21 nitrogen and oxygen atoms in total. The highest BCUT2D eigenvalue weighted by atomic mass is 16.7. The number of carboxylic acids is 1. The summed E-state index contributed by atoms with van der Waals surface area (Å²) in [6, 6.07) is -1.13. The first kappa shape index (κ1) is 62.2. The molecular weight excluding hydrogens is 959 g/mol. The van der Waals surface area contributed by atoms with Crippen molar-refractivity contribution in [2.24, 2.45) is 23.5 Å². The smallest absolute Gasteiger partial charge is 0.311 e. The third-order valence-corrected chi connectivity index (χ3v) is 13.8. The fraction of sp³-hybridized carbons (Fsp3) is 0.731. The molecule has 3 fully saturated rings. The fourth-order valence-electron chi connectivity index (χ4n) is 9.38. The van der Waals surface area contributed by atoms with Gasteiger partial charge in [-0.05, 0) is 52.4 Å². The van der Waals surface area contributed by atoms with Crippen LogP contribution in [-0.2, 0) is 38.0 Å². The van der Waals surface area contributed by atoms with Gasteiger partial charge in [-0.1, -0.05) is 86.8 Å². The van der Waals surface area contributed by atoms with Crippen LogP contribution >= 0.6 is 0 Å². The van der Waals surface area contributed by atoms with E-state index in [1.807, 2.05) is 56.4 Å². The number of esters is 1. The Morgan fingerprint density at radius 2 is 1.29 bits per heavy atom. The topological polar surface area (TPSA) is 358 Å². The van der Waals surface area contributed by atoms with E-state index < -0.39 is 159 Å². The fourth-order valence-corrected chi connectivity index (χ4v) is 9.38. The molecule has 4 aliphatic heterocycles. The number of carbonyl (C=O) groups is 2. The van der Waals surface area contributed by atoms with E-state index in [1.165, 1.54) is 6.08 Å². The second kappa shape index (κ2) is 30.4. The van der Waals surface area contributed by atoms with Crippen molar-refractivity contribution in [3.8, 4) is 0 Å². The SMILES string of the molecule is CC1/C=C/C=C/CC/C=C/C=C/C=C/C=C/C(OC2OC[C@@H](O)[C@H](N)[C@@H]2O)CC2OC(O)(CC(O)C(O)CCC(O)CC(O)CC(O)CC(=O)OC(C)C(C)C1OC1C[C@@H](O)C(O)[C@H](C)O1)CC(O)C2C(=O)O.